The number of likely N-dealkylation sites (tertiary alicyclic amines) is 1. The summed E-state index contributed by atoms with van der Waals surface area (Å²) in [6.07, 6.45) is 3.07. The number of urea groups is 1. The van der Waals surface area contributed by atoms with Crippen molar-refractivity contribution in [2.45, 2.75) is 90.9 Å². The van der Waals surface area contributed by atoms with Gasteiger partial charge in [-0.25, -0.2) is 4.79 Å². The van der Waals surface area contributed by atoms with Crippen molar-refractivity contribution in [3.05, 3.63) is 34.9 Å². The minimum Gasteiger partial charge on any atom is -0.363 e. The molecular weight excluding hydrogens is 562 g/mol. The van der Waals surface area contributed by atoms with Crippen LogP contribution in [0.4, 0.5) is 4.79 Å². The standard InChI is InChI=1S/C30H42ClN5O6/c1-16(2)22(23(37)18-10-12-19(31)13-11-18)34-29(42)35-25(30(3,4)5)28(41)36-14-6-7-21(36)27(40)33-20(15-17-8-9-17)24(38)26(32)39/h10-13,16-17,20-22,25H,6-9,14-15H2,1-5H3,(H2,32,39)(H,33,40)(H2,34,35,42). The van der Waals surface area contributed by atoms with E-state index in [-0.39, 0.29) is 24.2 Å². The summed E-state index contributed by atoms with van der Waals surface area (Å²) in [5, 5.41) is 8.60. The normalized spacial score (nSPS) is 19.0. The highest BCUT2D eigenvalue weighted by Gasteiger charge is 2.43. The van der Waals surface area contributed by atoms with Gasteiger partial charge in [-0.05, 0) is 60.8 Å². The molecule has 5 N–H and O–H groups in total. The van der Waals surface area contributed by atoms with E-state index in [1.807, 2.05) is 0 Å². The van der Waals surface area contributed by atoms with Crippen molar-refractivity contribution in [2.24, 2.45) is 23.0 Å². The Labute approximate surface area is 251 Å². The largest absolute Gasteiger partial charge is 0.363 e. The zero-order valence-corrected chi connectivity index (χ0v) is 25.6. The van der Waals surface area contributed by atoms with E-state index in [2.05, 4.69) is 16.0 Å². The van der Waals surface area contributed by atoms with Gasteiger partial charge in [0.05, 0.1) is 12.1 Å². The molecule has 1 heterocycles. The number of carbonyl (C=O) groups is 6. The molecule has 3 rings (SSSR count). The smallest absolute Gasteiger partial charge is 0.316 e. The molecule has 0 spiro atoms. The summed E-state index contributed by atoms with van der Waals surface area (Å²) in [5.74, 6) is -3.26. The van der Waals surface area contributed by atoms with Crippen LogP contribution in [0.5, 0.6) is 0 Å². The molecule has 1 saturated heterocycles. The number of benzene rings is 1. The lowest BCUT2D eigenvalue weighted by molar-refractivity contribution is -0.143. The molecule has 42 heavy (non-hydrogen) atoms. The molecule has 12 heteroatoms. The number of rotatable bonds is 12. The second-order valence-corrected chi connectivity index (χ2v) is 13.1. The number of halogens is 1. The maximum atomic E-state index is 13.8. The Bertz CT molecular complexity index is 1210. The lowest BCUT2D eigenvalue weighted by Crippen LogP contribution is -2.61. The summed E-state index contributed by atoms with van der Waals surface area (Å²) in [5.41, 5.74) is 4.85. The number of amides is 5. The number of carbonyl (C=O) groups excluding carboxylic acids is 6. The number of nitrogens with zero attached hydrogens (tertiary/aromatic N) is 1. The topological polar surface area (TPSA) is 168 Å². The van der Waals surface area contributed by atoms with E-state index in [0.29, 0.717) is 29.8 Å². The SMILES string of the molecule is CC(C)C(NC(=O)NC(C(=O)N1CCCC1C(=O)NC(CC1CC1)C(=O)C(N)=O)C(C)(C)C)C(=O)c1ccc(Cl)cc1. The van der Waals surface area contributed by atoms with Gasteiger partial charge in [-0.1, -0.05) is 59.1 Å². The minimum atomic E-state index is -1.11. The molecular formula is C30H42ClN5O6. The van der Waals surface area contributed by atoms with Gasteiger partial charge in [0.1, 0.15) is 12.1 Å². The fourth-order valence-corrected chi connectivity index (χ4v) is 5.24. The number of nitrogens with one attached hydrogen (secondary N) is 3. The van der Waals surface area contributed by atoms with E-state index < -0.39 is 59.1 Å². The van der Waals surface area contributed by atoms with Crippen molar-refractivity contribution in [1.29, 1.82) is 0 Å². The van der Waals surface area contributed by atoms with Crippen LogP contribution in [-0.2, 0) is 19.2 Å². The molecule has 1 saturated carbocycles. The highest BCUT2D eigenvalue weighted by Crippen LogP contribution is 2.34. The van der Waals surface area contributed by atoms with Crippen LogP contribution < -0.4 is 21.7 Å². The first kappa shape index (κ1) is 33.0. The van der Waals surface area contributed by atoms with Gasteiger partial charge in [0.25, 0.3) is 5.91 Å². The van der Waals surface area contributed by atoms with Crippen molar-refractivity contribution in [2.75, 3.05) is 6.54 Å². The number of Topliss-reactive ketones (excluding diaryl/α,β-unsaturated/α-hetero) is 2. The molecule has 1 aromatic rings. The van der Waals surface area contributed by atoms with Crippen molar-refractivity contribution >= 4 is 46.9 Å². The second-order valence-electron chi connectivity index (χ2n) is 12.7. The first-order chi connectivity index (χ1) is 19.6. The molecule has 11 nitrogen and oxygen atoms in total. The summed E-state index contributed by atoms with van der Waals surface area (Å²) in [4.78, 5) is 78.8. The van der Waals surface area contributed by atoms with Gasteiger partial charge in [-0.3, -0.25) is 24.0 Å². The maximum Gasteiger partial charge on any atom is 0.316 e. The van der Waals surface area contributed by atoms with E-state index in [9.17, 15) is 28.8 Å². The molecule has 1 aromatic carbocycles. The predicted octanol–water partition coefficient (Wildman–Crippen LogP) is 2.59. The van der Waals surface area contributed by atoms with E-state index in [1.165, 1.54) is 4.90 Å². The maximum absolute atomic E-state index is 13.8. The number of hydrogen-bond donors (Lipinski definition) is 4. The van der Waals surface area contributed by atoms with Crippen LogP contribution in [0.2, 0.25) is 5.02 Å². The van der Waals surface area contributed by atoms with Gasteiger partial charge in [0.2, 0.25) is 17.6 Å². The summed E-state index contributed by atoms with van der Waals surface area (Å²) in [7, 11) is 0. The molecule has 0 bridgehead atoms. The number of hydrogen-bond acceptors (Lipinski definition) is 6. The summed E-state index contributed by atoms with van der Waals surface area (Å²) in [6, 6.07) is 1.89. The highest BCUT2D eigenvalue weighted by molar-refractivity contribution is 6.37. The first-order valence-corrected chi connectivity index (χ1v) is 14.8. The molecule has 1 aliphatic carbocycles. The Morgan fingerprint density at radius 2 is 1.60 bits per heavy atom. The fourth-order valence-electron chi connectivity index (χ4n) is 5.12. The van der Waals surface area contributed by atoms with Crippen LogP contribution in [-0.4, -0.2) is 70.9 Å². The quantitative estimate of drug-likeness (QED) is 0.211. The third-order valence-electron chi connectivity index (χ3n) is 7.73. The van der Waals surface area contributed by atoms with Crippen LogP contribution in [0.15, 0.2) is 24.3 Å². The van der Waals surface area contributed by atoms with Crippen molar-refractivity contribution in [1.82, 2.24) is 20.9 Å². The highest BCUT2D eigenvalue weighted by atomic mass is 35.5. The first-order valence-electron chi connectivity index (χ1n) is 14.4. The van der Waals surface area contributed by atoms with Crippen molar-refractivity contribution in [3.63, 3.8) is 0 Å². The fraction of sp³-hybridized carbons (Fsp3) is 0.600. The average Bonchev–Trinajstić information content (AvgIpc) is 3.59. The van der Waals surface area contributed by atoms with Gasteiger partial charge < -0.3 is 26.6 Å². The van der Waals surface area contributed by atoms with Crippen LogP contribution in [0.1, 0.15) is 77.1 Å². The molecule has 2 aliphatic rings. The lowest BCUT2D eigenvalue weighted by atomic mass is 9.85. The van der Waals surface area contributed by atoms with Crippen LogP contribution in [0, 0.1) is 17.3 Å². The van der Waals surface area contributed by atoms with E-state index in [0.717, 1.165) is 12.8 Å². The number of primary amides is 1. The zero-order valence-electron chi connectivity index (χ0n) is 24.9. The Morgan fingerprint density at radius 1 is 0.976 bits per heavy atom. The predicted molar refractivity (Wildman–Crippen MR) is 158 cm³/mol. The Hall–Kier alpha value is -3.47. The minimum absolute atomic E-state index is 0.245. The third kappa shape index (κ3) is 8.53. The number of ketones is 2. The third-order valence-corrected chi connectivity index (χ3v) is 7.99. The van der Waals surface area contributed by atoms with Gasteiger partial charge in [0.15, 0.2) is 5.78 Å². The second kappa shape index (κ2) is 13.7. The molecule has 5 amide bonds. The summed E-state index contributed by atoms with van der Waals surface area (Å²) in [6.45, 7) is 9.26. The average molecular weight is 604 g/mol. The molecule has 2 fully saturated rings. The van der Waals surface area contributed by atoms with Gasteiger partial charge in [-0.2, -0.15) is 0 Å². The molecule has 0 radical (unpaired) electrons. The van der Waals surface area contributed by atoms with Crippen LogP contribution >= 0.6 is 11.6 Å². The van der Waals surface area contributed by atoms with Crippen molar-refractivity contribution < 1.29 is 28.8 Å². The van der Waals surface area contributed by atoms with Gasteiger partial charge in [-0.15, -0.1) is 0 Å². The monoisotopic (exact) mass is 603 g/mol. The molecule has 230 valence electrons. The van der Waals surface area contributed by atoms with Crippen molar-refractivity contribution in [3.8, 4) is 0 Å². The molecule has 4 atom stereocenters. The van der Waals surface area contributed by atoms with E-state index >= 15 is 0 Å². The van der Waals surface area contributed by atoms with Gasteiger partial charge in [0, 0.05) is 17.1 Å². The summed E-state index contributed by atoms with van der Waals surface area (Å²) >= 11 is 5.94. The Morgan fingerprint density at radius 3 is 2.12 bits per heavy atom. The Kier molecular flexibility index (Phi) is 10.8. The van der Waals surface area contributed by atoms with Crippen LogP contribution in [0.25, 0.3) is 0 Å². The molecule has 1 aliphatic heterocycles. The zero-order chi connectivity index (χ0) is 31.4. The molecule has 0 aromatic heterocycles. The van der Waals surface area contributed by atoms with Crippen LogP contribution in [0.3, 0.4) is 0 Å². The number of nitrogens with two attached hydrogens (primary N) is 1. The summed E-state index contributed by atoms with van der Waals surface area (Å²) < 4.78 is 0. The Balaban J connectivity index is 1.73. The van der Waals surface area contributed by atoms with Gasteiger partial charge >= 0.3 is 6.03 Å². The molecule has 4 unspecified atom stereocenters. The lowest BCUT2D eigenvalue weighted by Gasteiger charge is -2.36. The van der Waals surface area contributed by atoms with E-state index in [1.54, 1.807) is 58.9 Å². The van der Waals surface area contributed by atoms with E-state index in [4.69, 9.17) is 17.3 Å².